The van der Waals surface area contributed by atoms with Crippen LogP contribution in [0.4, 0.5) is 5.69 Å². The molecule has 0 saturated heterocycles. The number of hydrogen-bond donors (Lipinski definition) is 0. The van der Waals surface area contributed by atoms with E-state index < -0.39 is 20.7 Å². The molecular weight excluding hydrogens is 725 g/mol. The van der Waals surface area contributed by atoms with E-state index in [1.165, 1.54) is 56.3 Å². The van der Waals surface area contributed by atoms with E-state index in [-0.39, 0.29) is 0 Å². The Morgan fingerprint density at radius 3 is 1.58 bits per heavy atom. The Labute approximate surface area is 299 Å². The summed E-state index contributed by atoms with van der Waals surface area (Å²) >= 11 is -0.496. The third-order valence-electron chi connectivity index (χ3n) is 9.93. The number of para-hydroxylation sites is 2. The van der Waals surface area contributed by atoms with Gasteiger partial charge in [0.1, 0.15) is 0 Å². The molecule has 4 aromatic heterocycles. The molecule has 0 saturated carbocycles. The molecule has 5 aromatic carbocycles. The lowest BCUT2D eigenvalue weighted by Gasteiger charge is -2.19. The highest BCUT2D eigenvalue weighted by Gasteiger charge is 2.21. The minimum atomic E-state index is -0.496. The number of fused-ring (bicyclic) bond motifs is 7. The van der Waals surface area contributed by atoms with E-state index in [9.17, 15) is 0 Å². The van der Waals surface area contributed by atoms with Gasteiger partial charge in [0.05, 0.1) is 45.9 Å². The molecule has 0 bridgehead atoms. The summed E-state index contributed by atoms with van der Waals surface area (Å²) in [5.74, 6) is 0. The number of aromatic nitrogens is 4. The molecule has 0 unspecified atom stereocenters. The van der Waals surface area contributed by atoms with E-state index in [2.05, 4.69) is 154 Å². The fourth-order valence-corrected chi connectivity index (χ4v) is 10.5. The van der Waals surface area contributed by atoms with Crippen molar-refractivity contribution in [3.05, 3.63) is 172 Å². The van der Waals surface area contributed by atoms with Crippen LogP contribution in [0.2, 0.25) is 0 Å². The molecule has 5 heterocycles. The number of nitrogens with zero attached hydrogens (tertiary/aromatic N) is 5. The molecule has 1 aliphatic rings. The van der Waals surface area contributed by atoms with Crippen molar-refractivity contribution >= 4 is 79.3 Å². The molecule has 0 fully saturated rings. The van der Waals surface area contributed by atoms with Crippen molar-refractivity contribution < 1.29 is 0 Å². The van der Waals surface area contributed by atoms with E-state index in [1.54, 1.807) is 0 Å². The Morgan fingerprint density at radius 1 is 0.500 bits per heavy atom. The average Bonchev–Trinajstić information content (AvgIpc) is 3.68. The summed E-state index contributed by atoms with van der Waals surface area (Å²) in [6, 6.07) is 44.0. The van der Waals surface area contributed by atoms with Crippen LogP contribution in [0.15, 0.2) is 151 Å². The lowest BCUT2D eigenvalue weighted by atomic mass is 10.0. The number of aliphatic imine (C=N–C) groups is 1. The first-order valence-corrected chi connectivity index (χ1v) is 18.9. The fourth-order valence-electron chi connectivity index (χ4n) is 7.34. The topological polar surface area (TPSA) is 48.0 Å². The van der Waals surface area contributed by atoms with Crippen LogP contribution in [-0.2, 0) is 0 Å². The summed E-state index contributed by atoms with van der Waals surface area (Å²) < 4.78 is 7.34. The zero-order valence-electron chi connectivity index (χ0n) is 27.5. The van der Waals surface area contributed by atoms with Gasteiger partial charge in [0.15, 0.2) is 0 Å². The number of pyridine rings is 2. The molecule has 10 rings (SSSR count). The maximum absolute atomic E-state index is 5.40. The van der Waals surface area contributed by atoms with Crippen molar-refractivity contribution in [1.82, 2.24) is 19.1 Å². The van der Waals surface area contributed by atoms with Gasteiger partial charge in [-0.25, -0.2) is 4.99 Å². The molecule has 6 heteroatoms. The zero-order chi connectivity index (χ0) is 33.3. The normalized spacial score (nSPS) is 13.0. The van der Waals surface area contributed by atoms with Gasteiger partial charge in [-0.05, 0) is 91.2 Å². The van der Waals surface area contributed by atoms with Crippen molar-refractivity contribution in [2.75, 3.05) is 0 Å². The maximum Gasteiger partial charge on any atom is 0.0845 e. The second-order valence-electron chi connectivity index (χ2n) is 12.8. The van der Waals surface area contributed by atoms with Crippen LogP contribution in [-0.4, -0.2) is 28.3 Å². The third kappa shape index (κ3) is 4.52. The SMILES string of the molecule is Cc1cc2c(cc1C)I=C(c1ccc(-n3c4ccccc4c4ccncc43)cc1)C(c1ccc(-n3c4ccccc4c4ccncc43)cc1)=N2. The van der Waals surface area contributed by atoms with Gasteiger partial charge in [0.25, 0.3) is 0 Å². The molecule has 0 radical (unpaired) electrons. The van der Waals surface area contributed by atoms with Gasteiger partial charge in [-0.3, -0.25) is 9.97 Å². The maximum atomic E-state index is 5.40. The van der Waals surface area contributed by atoms with Gasteiger partial charge in [-0.1, -0.05) is 81.4 Å². The van der Waals surface area contributed by atoms with Crippen molar-refractivity contribution in [3.63, 3.8) is 0 Å². The number of rotatable bonds is 4. The second-order valence-corrected chi connectivity index (χ2v) is 15.6. The minimum absolute atomic E-state index is 0.496. The van der Waals surface area contributed by atoms with Gasteiger partial charge in [0, 0.05) is 58.0 Å². The van der Waals surface area contributed by atoms with Crippen molar-refractivity contribution in [2.45, 2.75) is 13.8 Å². The first kappa shape index (κ1) is 29.2. The largest absolute Gasteiger partial charge is 0.308 e. The van der Waals surface area contributed by atoms with E-state index in [0.29, 0.717) is 0 Å². The van der Waals surface area contributed by atoms with E-state index in [0.717, 1.165) is 39.4 Å². The monoisotopic (exact) mass is 755 g/mol. The molecule has 238 valence electrons. The lowest BCUT2D eigenvalue weighted by molar-refractivity contribution is 1.16. The Hall–Kier alpha value is -5.73. The van der Waals surface area contributed by atoms with Crippen molar-refractivity contribution in [2.24, 2.45) is 4.99 Å². The smallest absolute Gasteiger partial charge is 0.0845 e. The van der Waals surface area contributed by atoms with Crippen LogP contribution >= 0.6 is 20.7 Å². The highest BCUT2D eigenvalue weighted by atomic mass is 127. The molecule has 5 nitrogen and oxygen atoms in total. The minimum Gasteiger partial charge on any atom is -0.308 e. The van der Waals surface area contributed by atoms with E-state index in [4.69, 9.17) is 4.99 Å². The zero-order valence-corrected chi connectivity index (χ0v) is 29.6. The molecule has 0 N–H and O–H groups in total. The van der Waals surface area contributed by atoms with Crippen molar-refractivity contribution in [3.8, 4) is 11.4 Å². The Morgan fingerprint density at radius 2 is 1.00 bits per heavy atom. The molecular formula is C44H30IN5. The third-order valence-corrected chi connectivity index (χ3v) is 13.0. The van der Waals surface area contributed by atoms with Gasteiger partial charge in [-0.2, -0.15) is 0 Å². The van der Waals surface area contributed by atoms with Gasteiger partial charge in [-0.15, -0.1) is 0 Å². The predicted molar refractivity (Wildman–Crippen MR) is 216 cm³/mol. The standard InChI is InChI=1S/C44H30IN5/c1-27-23-37-38(24-28(27)2)48-44(30-13-17-32(18-14-30)50-40-10-6-4-8-34(40)36-20-22-47-26-42(36)50)43(45-37)29-11-15-31(16-12-29)49-39-9-5-3-7-33(39)35-19-21-46-25-41(35)49/h3-26H,1-2H3. The van der Waals surface area contributed by atoms with E-state index in [1.807, 2.05) is 24.8 Å². The summed E-state index contributed by atoms with van der Waals surface area (Å²) in [6.45, 7) is 4.39. The van der Waals surface area contributed by atoms with Crippen LogP contribution in [0, 0.1) is 17.4 Å². The van der Waals surface area contributed by atoms with Gasteiger partial charge >= 0.3 is 0 Å². The first-order chi connectivity index (χ1) is 24.6. The van der Waals surface area contributed by atoms with Gasteiger partial charge < -0.3 is 9.13 Å². The predicted octanol–water partition coefficient (Wildman–Crippen LogP) is 10.8. The summed E-state index contributed by atoms with van der Waals surface area (Å²) in [5.41, 5.74) is 13.9. The fraction of sp³-hybridized carbons (Fsp3) is 0.0455. The molecule has 50 heavy (non-hydrogen) atoms. The molecule has 9 aromatic rings. The number of hydrogen-bond acceptors (Lipinski definition) is 3. The summed E-state index contributed by atoms with van der Waals surface area (Å²) in [7, 11) is 0. The summed E-state index contributed by atoms with van der Waals surface area (Å²) in [5, 5.41) is 4.89. The Kier molecular flexibility index (Phi) is 6.67. The molecule has 0 amide bonds. The molecule has 0 atom stereocenters. The van der Waals surface area contributed by atoms with Crippen molar-refractivity contribution in [1.29, 1.82) is 0 Å². The van der Waals surface area contributed by atoms with Crippen LogP contribution in [0.25, 0.3) is 55.0 Å². The Balaban J connectivity index is 1.09. The number of halogens is 1. The average molecular weight is 756 g/mol. The molecule has 0 aliphatic carbocycles. The van der Waals surface area contributed by atoms with E-state index >= 15 is 0 Å². The Bertz CT molecular complexity index is 2570. The van der Waals surface area contributed by atoms with Crippen LogP contribution < -0.4 is 0 Å². The molecule has 1 aliphatic heterocycles. The van der Waals surface area contributed by atoms with Crippen LogP contribution in [0.1, 0.15) is 22.3 Å². The highest BCUT2D eigenvalue weighted by molar-refractivity contribution is 14.2. The summed E-state index contributed by atoms with van der Waals surface area (Å²) in [4.78, 5) is 14.3. The quantitative estimate of drug-likeness (QED) is 0.168. The first-order valence-electron chi connectivity index (χ1n) is 16.7. The van der Waals surface area contributed by atoms with Crippen LogP contribution in [0.5, 0.6) is 0 Å². The highest BCUT2D eigenvalue weighted by Crippen LogP contribution is 2.38. The van der Waals surface area contributed by atoms with Gasteiger partial charge in [0.2, 0.25) is 0 Å². The number of benzene rings is 5. The number of aryl methyl sites for hydroxylation is 2. The van der Waals surface area contributed by atoms with Crippen LogP contribution in [0.3, 0.4) is 0 Å². The lowest BCUT2D eigenvalue weighted by Crippen LogP contribution is -2.17. The second kappa shape index (κ2) is 11.4. The molecule has 0 spiro atoms. The summed E-state index contributed by atoms with van der Waals surface area (Å²) in [6.07, 6.45) is 7.68.